The van der Waals surface area contributed by atoms with Crippen molar-refractivity contribution in [2.24, 2.45) is 5.73 Å². The van der Waals surface area contributed by atoms with Gasteiger partial charge in [-0.05, 0) is 31.4 Å². The number of hydrogen-bond donors (Lipinski definition) is 1. The van der Waals surface area contributed by atoms with Crippen LogP contribution >= 0.6 is 0 Å². The van der Waals surface area contributed by atoms with E-state index >= 15 is 0 Å². The second-order valence-corrected chi connectivity index (χ2v) is 5.52. The van der Waals surface area contributed by atoms with E-state index in [1.807, 2.05) is 17.0 Å². The highest BCUT2D eigenvalue weighted by atomic mass is 19.1. The molecular formula is C16H25FN2O. The highest BCUT2D eigenvalue weighted by molar-refractivity contribution is 5.51. The number of nitrogens with zero attached hydrogens (tertiary/aromatic N) is 1. The van der Waals surface area contributed by atoms with Gasteiger partial charge in [-0.3, -0.25) is 0 Å². The predicted molar refractivity (Wildman–Crippen MR) is 80.8 cm³/mol. The highest BCUT2D eigenvalue weighted by Gasteiger charge is 2.19. The standard InChI is InChI=1S/C16H25FN2O/c1-2-3-4-10-20-14-7-8-16(15(17)11-14)19-9-5-6-13(18)12-19/h7-8,11,13H,2-6,9-10,12,18H2,1H3. The first-order valence-electron chi connectivity index (χ1n) is 7.63. The molecule has 0 amide bonds. The van der Waals surface area contributed by atoms with Gasteiger partial charge in [-0.1, -0.05) is 19.8 Å². The minimum Gasteiger partial charge on any atom is -0.493 e. The minimum atomic E-state index is -0.216. The highest BCUT2D eigenvalue weighted by Crippen LogP contribution is 2.26. The lowest BCUT2D eigenvalue weighted by Crippen LogP contribution is -2.43. The molecule has 1 fully saturated rings. The number of rotatable bonds is 6. The molecule has 1 aliphatic rings. The maximum absolute atomic E-state index is 14.2. The number of nitrogens with two attached hydrogens (primary N) is 1. The van der Waals surface area contributed by atoms with Gasteiger partial charge >= 0.3 is 0 Å². The molecule has 1 aliphatic heterocycles. The molecule has 1 unspecified atom stereocenters. The number of piperidine rings is 1. The van der Waals surface area contributed by atoms with Crippen molar-refractivity contribution < 1.29 is 9.13 Å². The summed E-state index contributed by atoms with van der Waals surface area (Å²) >= 11 is 0. The summed E-state index contributed by atoms with van der Waals surface area (Å²) in [5.74, 6) is 0.399. The van der Waals surface area contributed by atoms with Crippen LogP contribution in [0.3, 0.4) is 0 Å². The summed E-state index contributed by atoms with van der Waals surface area (Å²) in [4.78, 5) is 2.03. The number of anilines is 1. The van der Waals surface area contributed by atoms with Crippen molar-refractivity contribution in [2.45, 2.75) is 45.1 Å². The van der Waals surface area contributed by atoms with Crippen molar-refractivity contribution in [3.05, 3.63) is 24.0 Å². The molecule has 0 radical (unpaired) electrons. The Bertz CT molecular complexity index is 425. The number of ether oxygens (including phenoxy) is 1. The lowest BCUT2D eigenvalue weighted by Gasteiger charge is -2.32. The zero-order valence-electron chi connectivity index (χ0n) is 12.3. The lowest BCUT2D eigenvalue weighted by atomic mass is 10.1. The van der Waals surface area contributed by atoms with Crippen molar-refractivity contribution in [1.29, 1.82) is 0 Å². The van der Waals surface area contributed by atoms with Crippen molar-refractivity contribution >= 4 is 5.69 Å². The smallest absolute Gasteiger partial charge is 0.150 e. The van der Waals surface area contributed by atoms with Gasteiger partial charge < -0.3 is 15.4 Å². The number of unbranched alkanes of at least 4 members (excludes halogenated alkanes) is 2. The third kappa shape index (κ3) is 4.10. The molecule has 2 N–H and O–H groups in total. The monoisotopic (exact) mass is 280 g/mol. The predicted octanol–water partition coefficient (Wildman–Crippen LogP) is 3.32. The number of halogens is 1. The Morgan fingerprint density at radius 2 is 2.25 bits per heavy atom. The summed E-state index contributed by atoms with van der Waals surface area (Å²) in [6, 6.07) is 5.29. The molecule has 0 saturated carbocycles. The lowest BCUT2D eigenvalue weighted by molar-refractivity contribution is 0.305. The van der Waals surface area contributed by atoms with E-state index in [9.17, 15) is 4.39 Å². The molecule has 0 spiro atoms. The van der Waals surface area contributed by atoms with Crippen molar-refractivity contribution in [2.75, 3.05) is 24.6 Å². The van der Waals surface area contributed by atoms with E-state index in [1.54, 1.807) is 0 Å². The Morgan fingerprint density at radius 1 is 1.40 bits per heavy atom. The van der Waals surface area contributed by atoms with Crippen LogP contribution in [0.5, 0.6) is 5.75 Å². The molecule has 1 heterocycles. The Morgan fingerprint density at radius 3 is 2.95 bits per heavy atom. The largest absolute Gasteiger partial charge is 0.493 e. The van der Waals surface area contributed by atoms with Gasteiger partial charge in [0.1, 0.15) is 11.6 Å². The van der Waals surface area contributed by atoms with Gasteiger partial charge in [-0.2, -0.15) is 0 Å². The molecule has 1 aromatic rings. The van der Waals surface area contributed by atoms with E-state index in [0.717, 1.165) is 45.2 Å². The van der Waals surface area contributed by atoms with Crippen molar-refractivity contribution in [1.82, 2.24) is 0 Å². The maximum Gasteiger partial charge on any atom is 0.150 e. The molecule has 0 aromatic heterocycles. The quantitative estimate of drug-likeness (QED) is 0.812. The van der Waals surface area contributed by atoms with Crippen LogP contribution < -0.4 is 15.4 Å². The van der Waals surface area contributed by atoms with E-state index in [0.29, 0.717) is 18.0 Å². The van der Waals surface area contributed by atoms with Crippen LogP contribution in [0, 0.1) is 5.82 Å². The van der Waals surface area contributed by atoms with Crippen molar-refractivity contribution in [3.8, 4) is 5.75 Å². The van der Waals surface area contributed by atoms with Gasteiger partial charge in [0.25, 0.3) is 0 Å². The Kier molecular flexibility index (Phi) is 5.65. The molecule has 2 rings (SSSR count). The van der Waals surface area contributed by atoms with E-state index in [2.05, 4.69) is 6.92 Å². The Hall–Kier alpha value is -1.29. The van der Waals surface area contributed by atoms with Gasteiger partial charge in [-0.25, -0.2) is 4.39 Å². The zero-order chi connectivity index (χ0) is 14.4. The first-order chi connectivity index (χ1) is 9.70. The van der Waals surface area contributed by atoms with E-state index in [-0.39, 0.29) is 11.9 Å². The first-order valence-corrected chi connectivity index (χ1v) is 7.63. The second kappa shape index (κ2) is 7.48. The molecule has 3 nitrogen and oxygen atoms in total. The zero-order valence-corrected chi connectivity index (χ0v) is 12.3. The summed E-state index contributed by atoms with van der Waals surface area (Å²) in [5, 5.41) is 0. The summed E-state index contributed by atoms with van der Waals surface area (Å²) < 4.78 is 19.7. The van der Waals surface area contributed by atoms with Gasteiger partial charge in [0.05, 0.1) is 12.3 Å². The summed E-state index contributed by atoms with van der Waals surface area (Å²) in [7, 11) is 0. The first kappa shape index (κ1) is 15.1. The van der Waals surface area contributed by atoms with Crippen LogP contribution in [0.25, 0.3) is 0 Å². The molecule has 0 bridgehead atoms. The van der Waals surface area contributed by atoms with E-state index in [4.69, 9.17) is 10.5 Å². The summed E-state index contributed by atoms with van der Waals surface area (Å²) in [6.07, 6.45) is 5.37. The average Bonchev–Trinajstić information content (AvgIpc) is 2.44. The van der Waals surface area contributed by atoms with Crippen LogP contribution in [0.1, 0.15) is 39.0 Å². The van der Waals surface area contributed by atoms with Crippen molar-refractivity contribution in [3.63, 3.8) is 0 Å². The summed E-state index contributed by atoms with van der Waals surface area (Å²) in [6.45, 7) is 4.41. The maximum atomic E-state index is 14.2. The Balaban J connectivity index is 1.95. The van der Waals surface area contributed by atoms with Crippen LogP contribution in [-0.2, 0) is 0 Å². The average molecular weight is 280 g/mol. The third-order valence-corrected chi connectivity index (χ3v) is 3.73. The van der Waals surface area contributed by atoms with E-state index in [1.165, 1.54) is 6.07 Å². The topological polar surface area (TPSA) is 38.5 Å². The SMILES string of the molecule is CCCCCOc1ccc(N2CCCC(N)C2)c(F)c1. The number of hydrogen-bond acceptors (Lipinski definition) is 3. The van der Waals surface area contributed by atoms with Crippen LogP contribution in [0.15, 0.2) is 18.2 Å². The van der Waals surface area contributed by atoms with Gasteiger partial charge in [-0.15, -0.1) is 0 Å². The molecular weight excluding hydrogens is 255 g/mol. The van der Waals surface area contributed by atoms with Gasteiger partial charge in [0, 0.05) is 25.2 Å². The Labute approximate surface area is 120 Å². The van der Waals surface area contributed by atoms with Crippen LogP contribution in [-0.4, -0.2) is 25.7 Å². The fourth-order valence-corrected chi connectivity index (χ4v) is 2.60. The molecule has 1 aromatic carbocycles. The molecule has 1 atom stereocenters. The minimum absolute atomic E-state index is 0.146. The molecule has 0 aliphatic carbocycles. The molecule has 1 saturated heterocycles. The molecule has 20 heavy (non-hydrogen) atoms. The van der Waals surface area contributed by atoms with Gasteiger partial charge in [0.15, 0.2) is 0 Å². The van der Waals surface area contributed by atoms with Crippen LogP contribution in [0.2, 0.25) is 0 Å². The fourth-order valence-electron chi connectivity index (χ4n) is 2.60. The molecule has 112 valence electrons. The third-order valence-electron chi connectivity index (χ3n) is 3.73. The van der Waals surface area contributed by atoms with Crippen LogP contribution in [0.4, 0.5) is 10.1 Å². The fraction of sp³-hybridized carbons (Fsp3) is 0.625. The van der Waals surface area contributed by atoms with Gasteiger partial charge in [0.2, 0.25) is 0 Å². The summed E-state index contributed by atoms with van der Waals surface area (Å²) in [5.41, 5.74) is 6.59. The molecule has 4 heteroatoms. The normalized spacial score (nSPS) is 19.1. The number of benzene rings is 1. The second-order valence-electron chi connectivity index (χ2n) is 5.52. The van der Waals surface area contributed by atoms with E-state index < -0.39 is 0 Å².